The van der Waals surface area contributed by atoms with Gasteiger partial charge in [0.25, 0.3) is 5.56 Å². The molecule has 6 nitrogen and oxygen atoms in total. The zero-order valence-corrected chi connectivity index (χ0v) is 27.7. The zero-order chi connectivity index (χ0) is 29.8. The molecule has 0 unspecified atom stereocenters. The number of rotatable bonds is 1. The number of alkyl halides is 1. The Morgan fingerprint density at radius 1 is 0.810 bits per heavy atom. The first-order chi connectivity index (χ1) is 20.3. The van der Waals surface area contributed by atoms with Crippen molar-refractivity contribution in [3.63, 3.8) is 0 Å². The summed E-state index contributed by atoms with van der Waals surface area (Å²) in [6.45, 7) is 6.87. The number of halogens is 3. The molecular formula is C33H29Br3N2O4. The summed E-state index contributed by atoms with van der Waals surface area (Å²) >= 11 is 10.3. The molecular weight excluding hydrogens is 728 g/mol. The van der Waals surface area contributed by atoms with Crippen LogP contribution in [0.5, 0.6) is 0 Å². The number of benzene rings is 2. The zero-order valence-electron chi connectivity index (χ0n) is 23.0. The van der Waals surface area contributed by atoms with E-state index in [1.54, 1.807) is 0 Å². The van der Waals surface area contributed by atoms with E-state index < -0.39 is 5.97 Å². The third kappa shape index (κ3) is 6.41. The highest BCUT2D eigenvalue weighted by atomic mass is 79.9. The fourth-order valence-electron chi connectivity index (χ4n) is 6.05. The van der Waals surface area contributed by atoms with Crippen molar-refractivity contribution >= 4 is 65.4 Å². The minimum atomic E-state index is -0.402. The maximum Gasteiger partial charge on any atom is 0.341 e. The molecule has 0 spiro atoms. The van der Waals surface area contributed by atoms with Crippen LogP contribution in [0.3, 0.4) is 0 Å². The molecule has 1 aliphatic heterocycles. The minimum Gasteiger partial charge on any atom is -0.389 e. The fraction of sp³-hybridized carbons (Fsp3) is 0.333. The van der Waals surface area contributed by atoms with Gasteiger partial charge < -0.3 is 9.72 Å². The van der Waals surface area contributed by atoms with E-state index in [-0.39, 0.29) is 11.5 Å². The summed E-state index contributed by atoms with van der Waals surface area (Å²) in [4.78, 5) is 40.8. The van der Waals surface area contributed by atoms with Gasteiger partial charge in [0, 0.05) is 37.4 Å². The fourth-order valence-corrected chi connectivity index (χ4v) is 8.02. The van der Waals surface area contributed by atoms with Gasteiger partial charge in [-0.2, -0.15) is 0 Å². The lowest BCUT2D eigenvalue weighted by Gasteiger charge is -2.21. The van der Waals surface area contributed by atoms with E-state index in [4.69, 9.17) is 6.57 Å². The van der Waals surface area contributed by atoms with Crippen molar-refractivity contribution in [1.29, 1.82) is 0 Å². The number of carbonyl (C=O) groups excluding carboxylic acids is 2. The molecule has 7 rings (SSSR count). The van der Waals surface area contributed by atoms with Crippen molar-refractivity contribution in [2.24, 2.45) is 0 Å². The van der Waals surface area contributed by atoms with Gasteiger partial charge in [-0.05, 0) is 85.3 Å². The van der Waals surface area contributed by atoms with E-state index in [2.05, 4.69) is 74.5 Å². The highest BCUT2D eigenvalue weighted by Gasteiger charge is 2.29. The normalized spacial score (nSPS) is 16.3. The SMILES string of the molecule is O=C1CC2=C(CCCC2)C(=O)O1.O=c1[nH]c2c(c3c1CCCC3)Cc1c(Br)cccc1-2.[C-]#[N+]c1cccc(Br)c1CBr. The molecule has 42 heavy (non-hydrogen) atoms. The van der Waals surface area contributed by atoms with Gasteiger partial charge in [0.15, 0.2) is 5.69 Å². The van der Waals surface area contributed by atoms with E-state index >= 15 is 0 Å². The van der Waals surface area contributed by atoms with Crippen molar-refractivity contribution in [2.45, 2.75) is 69.5 Å². The number of ether oxygens (including phenoxy) is 1. The minimum absolute atomic E-state index is 0.126. The lowest BCUT2D eigenvalue weighted by molar-refractivity contribution is -0.158. The molecule has 1 N–H and O–H groups in total. The maximum atomic E-state index is 12.3. The number of aromatic nitrogens is 1. The molecule has 0 fully saturated rings. The van der Waals surface area contributed by atoms with Crippen molar-refractivity contribution in [3.05, 3.63) is 106 Å². The summed E-state index contributed by atoms with van der Waals surface area (Å²) < 4.78 is 6.65. The van der Waals surface area contributed by atoms with Gasteiger partial charge in [0.05, 0.1) is 18.7 Å². The first kappa shape index (κ1) is 30.7. The topological polar surface area (TPSA) is 80.6 Å². The molecule has 0 radical (unpaired) electrons. The third-order valence-electron chi connectivity index (χ3n) is 8.13. The number of nitrogens with one attached hydrogen (secondary N) is 1. The van der Waals surface area contributed by atoms with Crippen LogP contribution in [-0.2, 0) is 38.9 Å². The standard InChI is InChI=1S/C16H14BrNO.C9H10O3.C8H5Br2N/c17-14-7-3-6-10-12(14)8-13-9-4-1-2-5-11(9)16(19)18-15(10)13;10-8-5-6-3-1-2-4-7(6)9(11)12-8;1-11-8-4-2-3-7(10)6(8)5-9/h3,6-7H,1-2,4-5,8H2,(H,18,19);1-5H2;2-4H,5H2. The summed E-state index contributed by atoms with van der Waals surface area (Å²) in [7, 11) is 0. The average Bonchev–Trinajstić information content (AvgIpc) is 3.38. The number of esters is 2. The average molecular weight is 757 g/mol. The summed E-state index contributed by atoms with van der Waals surface area (Å²) in [5.74, 6) is -0.790. The van der Waals surface area contributed by atoms with Gasteiger partial charge in [-0.15, -0.1) is 0 Å². The van der Waals surface area contributed by atoms with Crippen LogP contribution >= 0.6 is 47.8 Å². The second-order valence-electron chi connectivity index (χ2n) is 10.6. The predicted octanol–water partition coefficient (Wildman–Crippen LogP) is 8.81. The number of aromatic amines is 1. The summed E-state index contributed by atoms with van der Waals surface area (Å²) in [6, 6.07) is 11.8. The van der Waals surface area contributed by atoms with E-state index in [9.17, 15) is 14.4 Å². The second kappa shape index (κ2) is 13.7. The van der Waals surface area contributed by atoms with E-state index in [0.717, 1.165) is 88.3 Å². The van der Waals surface area contributed by atoms with Crippen molar-refractivity contribution in [3.8, 4) is 11.3 Å². The largest absolute Gasteiger partial charge is 0.389 e. The molecule has 3 aliphatic carbocycles. The van der Waals surface area contributed by atoms with Gasteiger partial charge in [0.2, 0.25) is 0 Å². The Bertz CT molecular complexity index is 1700. The smallest absolute Gasteiger partial charge is 0.341 e. The molecule has 9 heteroatoms. The highest BCUT2D eigenvalue weighted by molar-refractivity contribution is 9.11. The number of carbonyl (C=O) groups is 2. The van der Waals surface area contributed by atoms with Gasteiger partial charge in [-0.25, -0.2) is 9.64 Å². The van der Waals surface area contributed by atoms with Crippen molar-refractivity contribution in [1.82, 2.24) is 4.98 Å². The van der Waals surface area contributed by atoms with E-state index in [1.165, 1.54) is 28.7 Å². The summed E-state index contributed by atoms with van der Waals surface area (Å²) in [5, 5.41) is 0.714. The molecule has 0 saturated heterocycles. The number of hydrogen-bond acceptors (Lipinski definition) is 4. The molecule has 0 atom stereocenters. The molecule has 2 aromatic carbocycles. The molecule has 0 bridgehead atoms. The van der Waals surface area contributed by atoms with Gasteiger partial charge in [-0.3, -0.25) is 9.59 Å². The van der Waals surface area contributed by atoms with E-state index in [0.29, 0.717) is 17.4 Å². The monoisotopic (exact) mass is 754 g/mol. The van der Waals surface area contributed by atoms with Crippen LogP contribution in [0.1, 0.15) is 72.8 Å². The number of pyridine rings is 1. The molecule has 3 aromatic rings. The first-order valence-electron chi connectivity index (χ1n) is 14.0. The van der Waals surface area contributed by atoms with Crippen LogP contribution < -0.4 is 5.56 Å². The van der Waals surface area contributed by atoms with Crippen molar-refractivity contribution in [2.75, 3.05) is 0 Å². The summed E-state index contributed by atoms with van der Waals surface area (Å²) in [6.07, 6.45) is 9.47. The van der Waals surface area contributed by atoms with Crippen LogP contribution in [-0.4, -0.2) is 16.9 Å². The Morgan fingerprint density at radius 2 is 1.50 bits per heavy atom. The lowest BCUT2D eigenvalue weighted by Crippen LogP contribution is -2.24. The molecule has 0 saturated carbocycles. The number of H-pyrrole nitrogens is 1. The Hall–Kier alpha value is -2.80. The van der Waals surface area contributed by atoms with Gasteiger partial charge in [-0.1, -0.05) is 78.1 Å². The number of nitrogens with zero attached hydrogens (tertiary/aromatic N) is 1. The molecule has 0 amide bonds. The van der Waals surface area contributed by atoms with Crippen LogP contribution in [0, 0.1) is 6.57 Å². The number of cyclic esters (lactones) is 2. The van der Waals surface area contributed by atoms with Gasteiger partial charge >= 0.3 is 11.9 Å². The highest BCUT2D eigenvalue weighted by Crippen LogP contribution is 2.41. The molecule has 4 aliphatic rings. The maximum absolute atomic E-state index is 12.3. The van der Waals surface area contributed by atoms with Crippen LogP contribution in [0.25, 0.3) is 16.1 Å². The quantitative estimate of drug-likeness (QED) is 0.0912. The van der Waals surface area contributed by atoms with Crippen LogP contribution in [0.4, 0.5) is 5.69 Å². The number of fused-ring (bicyclic) bond motifs is 5. The van der Waals surface area contributed by atoms with Crippen LogP contribution in [0.15, 0.2) is 61.3 Å². The van der Waals surface area contributed by atoms with Gasteiger partial charge in [0.1, 0.15) is 0 Å². The molecule has 2 heterocycles. The second-order valence-corrected chi connectivity index (χ2v) is 12.9. The van der Waals surface area contributed by atoms with Crippen LogP contribution in [0.2, 0.25) is 0 Å². The summed E-state index contributed by atoms with van der Waals surface area (Å²) in [5.41, 5.74) is 10.9. The first-order valence-corrected chi connectivity index (χ1v) is 16.7. The van der Waals surface area contributed by atoms with Crippen molar-refractivity contribution < 1.29 is 14.3 Å². The molecule has 1 aromatic heterocycles. The Labute approximate surface area is 270 Å². The van der Waals surface area contributed by atoms with E-state index in [1.807, 2.05) is 24.3 Å². The predicted molar refractivity (Wildman–Crippen MR) is 174 cm³/mol. The Morgan fingerprint density at radius 3 is 2.24 bits per heavy atom. The third-order valence-corrected chi connectivity index (χ3v) is 10.2. The lowest BCUT2D eigenvalue weighted by atomic mass is 9.88. The number of hydrogen-bond donors (Lipinski definition) is 1. The Balaban J connectivity index is 0.000000134. The Kier molecular flexibility index (Phi) is 9.97. The molecule has 216 valence electrons.